The number of methoxy groups -OCH3 is 2. The van der Waals surface area contributed by atoms with Crippen molar-refractivity contribution in [2.75, 3.05) is 60.5 Å². The number of nitrogens with one attached hydrogen (secondary N) is 1. The maximum absolute atomic E-state index is 14.2. The smallest absolute Gasteiger partial charge is 0.387 e. The van der Waals surface area contributed by atoms with Crippen molar-refractivity contribution in [3.8, 4) is 0 Å². The monoisotopic (exact) mass is 1340 g/mol. The maximum Gasteiger partial charge on any atom is 0.470 e. The minimum absolute atomic E-state index is 0.0455. The highest BCUT2D eigenvalue weighted by Crippen LogP contribution is 2.43. The lowest BCUT2D eigenvalue weighted by molar-refractivity contribution is -0.331. The number of allylic oxidation sites excluding steroid dienone is 2. The van der Waals surface area contributed by atoms with Crippen LogP contribution in [-0.4, -0.2) is 159 Å². The summed E-state index contributed by atoms with van der Waals surface area (Å²) >= 11 is 0. The summed E-state index contributed by atoms with van der Waals surface area (Å²) < 4.78 is 92.1. The number of carbonyl (C=O) groups excluding carboxylic acids is 1. The number of rotatable bonds is 64. The Hall–Kier alpha value is -0.970. The number of aliphatic hydroxyl groups excluding tert-OH is 1. The van der Waals surface area contributed by atoms with Crippen LogP contribution < -0.4 is 5.32 Å². The van der Waals surface area contributed by atoms with Crippen molar-refractivity contribution < 1.29 is 90.3 Å². The second kappa shape index (κ2) is 57.0. The third kappa shape index (κ3) is 44.6. The van der Waals surface area contributed by atoms with Crippen LogP contribution in [-0.2, 0) is 65.6 Å². The Morgan fingerprint density at radius 3 is 1.41 bits per heavy atom. The highest BCUT2D eigenvalue weighted by molar-refractivity contribution is 7.46. The van der Waals surface area contributed by atoms with Gasteiger partial charge < -0.3 is 72.6 Å². The van der Waals surface area contributed by atoms with Crippen molar-refractivity contribution in [3.05, 3.63) is 12.2 Å². The lowest BCUT2D eigenvalue weighted by atomic mass is 9.95. The molecular formula is C69H135NO19P2. The van der Waals surface area contributed by atoms with Crippen molar-refractivity contribution in [3.63, 3.8) is 0 Å². The van der Waals surface area contributed by atoms with Crippen LogP contribution in [0.1, 0.15) is 297 Å². The van der Waals surface area contributed by atoms with Gasteiger partial charge in [-0.15, -0.1) is 0 Å². The summed E-state index contributed by atoms with van der Waals surface area (Å²) in [6.07, 6.45) is 37.7. The van der Waals surface area contributed by atoms with E-state index < -0.39 is 77.0 Å². The fraction of sp³-hybridized carbons (Fsp3) is 0.957. The standard InChI is InChI=1S/C69H135NO19P2/c1-7-11-15-19-22-25-28-29-30-31-32-33-36-40-44-49-61(71)70-62-65(83-55-50-58(80-6)48-43-39-18-14-10-4)64(89-91(76,77)78)60(56-79-5)88-68(62)85-57-59-63(72)66(81-51-45-41-37-34-26-23-20-16-12-8-2)67(69(87-59)84-53-47-54-86-90(73,74)75)82-52-46-42-38-35-27-24-21-17-13-9-3/h25,28,58-60,62-69,72H,7-24,26-27,29-57H2,1-6H3,(H,70,71)(H2,73,74,75)(H2,76,77,78)/b28-25-/t58-,59-,60-,62-,63-,64-,65-,66+,67-,68-,69+/m1/s1. The summed E-state index contributed by atoms with van der Waals surface area (Å²) in [5, 5.41) is 15.5. The molecule has 22 heteroatoms. The predicted octanol–water partition coefficient (Wildman–Crippen LogP) is 15.7. The fourth-order valence-corrected chi connectivity index (χ4v) is 13.0. The van der Waals surface area contributed by atoms with E-state index in [1.165, 1.54) is 110 Å². The average Bonchev–Trinajstić information content (AvgIpc) is 0.816. The number of phosphoric acid groups is 2. The van der Waals surface area contributed by atoms with Crippen molar-refractivity contribution in [2.24, 2.45) is 0 Å². The molecule has 11 atom stereocenters. The van der Waals surface area contributed by atoms with Gasteiger partial charge in [-0.25, -0.2) is 9.13 Å². The number of ether oxygens (including phenoxy) is 9. The van der Waals surface area contributed by atoms with E-state index in [0.29, 0.717) is 26.1 Å². The highest BCUT2D eigenvalue weighted by atomic mass is 31.2. The second-order valence-corrected chi connectivity index (χ2v) is 28.1. The first-order chi connectivity index (χ1) is 44.1. The molecule has 20 nitrogen and oxygen atoms in total. The predicted molar refractivity (Wildman–Crippen MR) is 360 cm³/mol. The minimum Gasteiger partial charge on any atom is -0.387 e. The molecule has 0 aliphatic carbocycles. The van der Waals surface area contributed by atoms with Gasteiger partial charge in [0.05, 0.1) is 32.5 Å². The first-order valence-electron chi connectivity index (χ1n) is 36.6. The molecule has 2 aliphatic rings. The number of phosphoric ester groups is 2. The molecule has 0 spiro atoms. The molecule has 1 amide bonds. The summed E-state index contributed by atoms with van der Waals surface area (Å²) in [5.74, 6) is -0.341. The fourth-order valence-electron chi connectivity index (χ4n) is 12.1. The first kappa shape index (κ1) is 86.1. The van der Waals surface area contributed by atoms with Gasteiger partial charge in [0.25, 0.3) is 0 Å². The summed E-state index contributed by atoms with van der Waals surface area (Å²) in [6, 6.07) is -1.19. The zero-order chi connectivity index (χ0) is 66.5. The molecule has 2 saturated heterocycles. The molecule has 2 fully saturated rings. The SMILES string of the molecule is CCCCCC/C=C\CCCCCCCCCC(=O)N[C@H]1[C@H](OC[C@H]2O[C@H](OCCCOP(=O)(O)O)[C@H](OCCCCCCCCCCCC)[C@@H](OCCCCCCCCCCCC)[C@@H]2O)O[C@H](COC)[C@@H](OP(=O)(O)O)[C@@H]1OCC[C@@H](CCCCCCC)OC. The summed E-state index contributed by atoms with van der Waals surface area (Å²) in [4.78, 5) is 53.8. The quantitative estimate of drug-likeness (QED) is 0.0188. The van der Waals surface area contributed by atoms with Gasteiger partial charge in [0.2, 0.25) is 5.91 Å². The lowest BCUT2D eigenvalue weighted by Crippen LogP contribution is -2.67. The van der Waals surface area contributed by atoms with E-state index in [0.717, 1.165) is 141 Å². The summed E-state index contributed by atoms with van der Waals surface area (Å²) in [5.41, 5.74) is 0. The molecule has 6 N–H and O–H groups in total. The molecule has 2 rings (SSSR count). The third-order valence-electron chi connectivity index (χ3n) is 17.4. The van der Waals surface area contributed by atoms with E-state index in [2.05, 4.69) is 45.2 Å². The molecular weight excluding hydrogens is 1210 g/mol. The topological polar surface area (TPSA) is 266 Å². The van der Waals surface area contributed by atoms with Crippen LogP contribution in [0.25, 0.3) is 0 Å². The number of amides is 1. The third-order valence-corrected chi connectivity index (χ3v) is 18.5. The van der Waals surface area contributed by atoms with Crippen LogP contribution in [0, 0.1) is 0 Å². The molecule has 540 valence electrons. The molecule has 0 radical (unpaired) electrons. The van der Waals surface area contributed by atoms with E-state index >= 15 is 0 Å². The minimum atomic E-state index is -5.21. The molecule has 2 aliphatic heterocycles. The first-order valence-corrected chi connectivity index (χ1v) is 39.7. The van der Waals surface area contributed by atoms with Gasteiger partial charge >= 0.3 is 15.6 Å². The highest BCUT2D eigenvalue weighted by Gasteiger charge is 2.53. The number of unbranched alkanes of at least 4 members (excludes halogenated alkanes) is 33. The van der Waals surface area contributed by atoms with E-state index in [1.807, 2.05) is 0 Å². The van der Waals surface area contributed by atoms with Gasteiger partial charge in [-0.1, -0.05) is 239 Å². The number of hydrogen-bond acceptors (Lipinski definition) is 15. The van der Waals surface area contributed by atoms with Crippen molar-refractivity contribution in [1.82, 2.24) is 5.32 Å². The zero-order valence-electron chi connectivity index (χ0n) is 58.0. The number of aliphatic hydroxyl groups is 1. The molecule has 2 heterocycles. The Labute approximate surface area is 552 Å². The van der Waals surface area contributed by atoms with Crippen LogP contribution in [0.4, 0.5) is 0 Å². The van der Waals surface area contributed by atoms with Gasteiger partial charge in [0.1, 0.15) is 48.8 Å². The van der Waals surface area contributed by atoms with E-state index in [9.17, 15) is 38.6 Å². The van der Waals surface area contributed by atoms with Crippen LogP contribution in [0.15, 0.2) is 12.2 Å². The van der Waals surface area contributed by atoms with E-state index in [4.69, 9.17) is 51.7 Å². The molecule has 0 saturated carbocycles. The summed E-state index contributed by atoms with van der Waals surface area (Å²) in [7, 11) is -6.87. The Morgan fingerprint density at radius 1 is 0.451 bits per heavy atom. The Bertz CT molecular complexity index is 1800. The molecule has 0 unspecified atom stereocenters. The van der Waals surface area contributed by atoms with Gasteiger partial charge in [0.15, 0.2) is 12.6 Å². The van der Waals surface area contributed by atoms with Crippen molar-refractivity contribution in [2.45, 2.75) is 365 Å². The lowest BCUT2D eigenvalue weighted by Gasteiger charge is -2.47. The van der Waals surface area contributed by atoms with Gasteiger partial charge in [-0.2, -0.15) is 0 Å². The van der Waals surface area contributed by atoms with E-state index in [-0.39, 0.29) is 57.9 Å². The van der Waals surface area contributed by atoms with Crippen molar-refractivity contribution in [1.29, 1.82) is 0 Å². The molecule has 0 aromatic heterocycles. The number of carbonyl (C=O) groups is 1. The number of hydrogen-bond donors (Lipinski definition) is 6. The maximum atomic E-state index is 14.2. The normalized spacial score (nSPS) is 22.8. The largest absolute Gasteiger partial charge is 0.470 e. The Morgan fingerprint density at radius 2 is 0.901 bits per heavy atom. The molecule has 91 heavy (non-hydrogen) atoms. The Balaban J connectivity index is 2.46. The van der Waals surface area contributed by atoms with Crippen LogP contribution >= 0.6 is 15.6 Å². The zero-order valence-corrected chi connectivity index (χ0v) is 59.8. The van der Waals surface area contributed by atoms with Crippen LogP contribution in [0.3, 0.4) is 0 Å². The molecule has 0 bridgehead atoms. The van der Waals surface area contributed by atoms with Gasteiger partial charge in [-0.3, -0.25) is 13.8 Å². The van der Waals surface area contributed by atoms with Crippen LogP contribution in [0.5, 0.6) is 0 Å². The molecule has 0 aromatic carbocycles. The average molecular weight is 1340 g/mol. The van der Waals surface area contributed by atoms with Crippen LogP contribution in [0.2, 0.25) is 0 Å². The van der Waals surface area contributed by atoms with Gasteiger partial charge in [0, 0.05) is 40.5 Å². The second-order valence-electron chi connectivity index (χ2n) is 25.6. The summed E-state index contributed by atoms with van der Waals surface area (Å²) in [6.45, 7) is 8.72. The van der Waals surface area contributed by atoms with Crippen molar-refractivity contribution >= 4 is 21.6 Å². The van der Waals surface area contributed by atoms with Gasteiger partial charge in [-0.05, 0) is 64.2 Å². The Kier molecular flexibility index (Phi) is 53.9. The van der Waals surface area contributed by atoms with E-state index in [1.54, 1.807) is 7.11 Å². The molecule has 0 aromatic rings.